The molecule has 3 nitrogen and oxygen atoms in total. The van der Waals surface area contributed by atoms with Gasteiger partial charge in [-0.1, -0.05) is 86.6 Å². The zero-order valence-electron chi connectivity index (χ0n) is 34.2. The third kappa shape index (κ3) is 6.02. The summed E-state index contributed by atoms with van der Waals surface area (Å²) >= 11 is 0. The number of furan rings is 1. The average Bonchev–Trinajstić information content (AvgIpc) is 3.47. The van der Waals surface area contributed by atoms with Gasteiger partial charge in [0.1, 0.15) is 5.58 Å². The average molecular weight is 738 g/mol. The van der Waals surface area contributed by atoms with Crippen LogP contribution in [0, 0.1) is 38.1 Å². The van der Waals surface area contributed by atoms with Crippen LogP contribution in [0.15, 0.2) is 89.6 Å². The Bertz CT molecular complexity index is 2370. The molecule has 1 radical (unpaired) electrons. The van der Waals surface area contributed by atoms with E-state index < -0.39 is 32.3 Å². The fraction of sp³-hybridized carbons (Fsp3) is 0.211. The molecule has 0 unspecified atom stereocenters. The molecule has 0 bridgehead atoms. The van der Waals surface area contributed by atoms with Gasteiger partial charge in [-0.2, -0.15) is 0 Å². The summed E-state index contributed by atoms with van der Waals surface area (Å²) in [6.45, 7) is -1.75. The molecule has 0 amide bonds. The van der Waals surface area contributed by atoms with E-state index in [0.29, 0.717) is 33.7 Å². The Balaban J connectivity index is 0.000000207. The summed E-state index contributed by atoms with van der Waals surface area (Å²) in [4.78, 5) is 8.57. The van der Waals surface area contributed by atoms with Crippen LogP contribution in [0.2, 0.25) is 0 Å². The number of rotatable bonds is 3. The molecule has 42 heavy (non-hydrogen) atoms. The summed E-state index contributed by atoms with van der Waals surface area (Å²) in [5.41, 5.74) is 3.12. The van der Waals surface area contributed by atoms with Gasteiger partial charge in [-0.15, -0.1) is 47.5 Å². The Morgan fingerprint density at radius 2 is 1.64 bits per heavy atom. The number of hydrogen-bond acceptors (Lipinski definition) is 3. The molecule has 0 N–H and O–H groups in total. The van der Waals surface area contributed by atoms with E-state index >= 15 is 0 Å². The van der Waals surface area contributed by atoms with Gasteiger partial charge in [-0.05, 0) is 64.8 Å². The molecule has 0 saturated heterocycles. The molecule has 4 aromatic carbocycles. The van der Waals surface area contributed by atoms with Crippen LogP contribution in [0.4, 0.5) is 0 Å². The van der Waals surface area contributed by atoms with Gasteiger partial charge in [0.15, 0.2) is 0 Å². The van der Waals surface area contributed by atoms with E-state index in [9.17, 15) is 0 Å². The third-order valence-electron chi connectivity index (χ3n) is 6.61. The molecule has 3 aromatic heterocycles. The van der Waals surface area contributed by atoms with Crippen LogP contribution in [0.1, 0.15) is 58.1 Å². The van der Waals surface area contributed by atoms with Gasteiger partial charge in [-0.25, -0.2) is 0 Å². The van der Waals surface area contributed by atoms with Crippen molar-refractivity contribution in [2.75, 3.05) is 0 Å². The first-order chi connectivity index (χ1) is 24.1. The van der Waals surface area contributed by atoms with Crippen LogP contribution in [-0.2, 0) is 26.5 Å². The number of aromatic nitrogens is 2. The number of aryl methyl sites for hydroxylation is 3. The monoisotopic (exact) mass is 738 g/mol. The van der Waals surface area contributed by atoms with Crippen LogP contribution in [0.25, 0.3) is 55.2 Å². The first-order valence-electron chi connectivity index (χ1n) is 18.7. The molecular weight excluding hydrogens is 693 g/mol. The van der Waals surface area contributed by atoms with Gasteiger partial charge in [0.05, 0.1) is 5.58 Å². The number of hydrogen-bond donors (Lipinski definition) is 0. The Morgan fingerprint density at radius 1 is 0.810 bits per heavy atom. The third-order valence-corrected chi connectivity index (χ3v) is 6.61. The van der Waals surface area contributed by atoms with E-state index in [2.05, 4.69) is 22.1 Å². The van der Waals surface area contributed by atoms with Crippen molar-refractivity contribution in [1.29, 1.82) is 0 Å². The van der Waals surface area contributed by atoms with Crippen molar-refractivity contribution in [2.45, 2.75) is 47.7 Å². The fourth-order valence-electron chi connectivity index (χ4n) is 4.79. The van der Waals surface area contributed by atoms with Gasteiger partial charge in [0.25, 0.3) is 0 Å². The van der Waals surface area contributed by atoms with Gasteiger partial charge < -0.3 is 14.4 Å². The SMILES string of the molecule is [2H]C([2H])([2H])c1c[c-]c(-c2ccc(C([2H])([2H])C(C)(C)C)cn2)cc1.[2H]C([2H])([2H])c1cnc(-c2[c-]cc3ccc4cccc5oc2c3c45)cc1C([2H])([2H])[2H].[Ir]. The minimum atomic E-state index is -2.59. The fourth-order valence-corrected chi connectivity index (χ4v) is 4.79. The Kier molecular flexibility index (Phi) is 5.23. The summed E-state index contributed by atoms with van der Waals surface area (Å²) in [5, 5.41) is 3.91. The zero-order chi connectivity index (χ0) is 38.0. The van der Waals surface area contributed by atoms with Crippen molar-refractivity contribution in [3.63, 3.8) is 0 Å². The van der Waals surface area contributed by atoms with Crippen LogP contribution < -0.4 is 0 Å². The van der Waals surface area contributed by atoms with Crippen molar-refractivity contribution in [1.82, 2.24) is 9.97 Å². The summed E-state index contributed by atoms with van der Waals surface area (Å²) in [5.74, 6) is 0. The van der Waals surface area contributed by atoms with Gasteiger partial charge >= 0.3 is 0 Å². The Morgan fingerprint density at radius 3 is 2.36 bits per heavy atom. The van der Waals surface area contributed by atoms with E-state index in [1.165, 1.54) is 18.3 Å². The Hall–Kier alpha value is -3.85. The molecule has 7 rings (SSSR count). The molecule has 0 aliphatic carbocycles. The van der Waals surface area contributed by atoms with Crippen molar-refractivity contribution in [3.05, 3.63) is 120 Å². The molecule has 0 aliphatic heterocycles. The summed E-state index contributed by atoms with van der Waals surface area (Å²) < 4.78 is 91.0. The van der Waals surface area contributed by atoms with Gasteiger partial charge in [0, 0.05) is 53.0 Å². The van der Waals surface area contributed by atoms with Gasteiger partial charge in [0.2, 0.25) is 0 Å². The quantitative estimate of drug-likeness (QED) is 0.134. The van der Waals surface area contributed by atoms with E-state index in [1.54, 1.807) is 24.3 Å². The second-order valence-corrected chi connectivity index (χ2v) is 10.9. The maximum Gasteiger partial charge on any atom is 0.121 e. The van der Waals surface area contributed by atoms with E-state index in [-0.39, 0.29) is 36.8 Å². The minimum absolute atomic E-state index is 0. The van der Waals surface area contributed by atoms with Crippen molar-refractivity contribution < 1.29 is 39.6 Å². The van der Waals surface area contributed by atoms with E-state index in [4.69, 9.17) is 19.5 Å². The van der Waals surface area contributed by atoms with Crippen molar-refractivity contribution in [2.24, 2.45) is 5.41 Å². The van der Waals surface area contributed by atoms with Crippen LogP contribution in [0.3, 0.4) is 0 Å². The Labute approximate surface area is 277 Å². The topological polar surface area (TPSA) is 38.9 Å². The predicted octanol–water partition coefficient (Wildman–Crippen LogP) is 10.1. The number of nitrogens with zero attached hydrogens (tertiary/aromatic N) is 2. The molecule has 0 spiro atoms. The van der Waals surface area contributed by atoms with Gasteiger partial charge in [-0.3, -0.25) is 0 Å². The molecule has 0 saturated carbocycles. The second-order valence-electron chi connectivity index (χ2n) is 10.9. The zero-order valence-corrected chi connectivity index (χ0v) is 25.6. The molecule has 7 aromatic rings. The van der Waals surface area contributed by atoms with Crippen LogP contribution in [-0.4, -0.2) is 9.97 Å². The molecule has 0 fully saturated rings. The molecule has 0 aliphatic rings. The normalized spacial score (nSPS) is 16.6. The molecule has 213 valence electrons. The summed E-state index contributed by atoms with van der Waals surface area (Å²) in [7, 11) is 0. The smallest absolute Gasteiger partial charge is 0.121 e. The largest absolute Gasteiger partial charge is 0.501 e. The predicted molar refractivity (Wildman–Crippen MR) is 170 cm³/mol. The maximum absolute atomic E-state index is 8.25. The first-order valence-corrected chi connectivity index (χ1v) is 13.2. The molecule has 0 atom stereocenters. The van der Waals surface area contributed by atoms with E-state index in [0.717, 1.165) is 33.3 Å². The maximum atomic E-state index is 8.25. The summed E-state index contributed by atoms with van der Waals surface area (Å²) in [6.07, 6.45) is 1.16. The number of benzene rings is 4. The minimum Gasteiger partial charge on any atom is -0.501 e. The van der Waals surface area contributed by atoms with E-state index in [1.807, 2.05) is 57.2 Å². The second kappa shape index (κ2) is 11.8. The van der Waals surface area contributed by atoms with Crippen LogP contribution in [0.5, 0.6) is 0 Å². The van der Waals surface area contributed by atoms with Crippen LogP contribution >= 0.6 is 0 Å². The number of pyridine rings is 2. The molecule has 3 heterocycles. The molecule has 4 heteroatoms. The summed E-state index contributed by atoms with van der Waals surface area (Å²) in [6, 6.07) is 27.1. The van der Waals surface area contributed by atoms with Crippen molar-refractivity contribution in [3.8, 4) is 22.5 Å². The van der Waals surface area contributed by atoms with Crippen molar-refractivity contribution >= 4 is 32.7 Å². The molecular formula is C38H34IrN2O-2. The standard InChI is InChI=1S/C21H14NO.C17H20N.Ir/c1-12-10-17(22-11-13(12)2)16-9-8-15-7-6-14-4-3-5-18-19(14)20(15)21(16)23-18;1-13-5-8-15(9-6-13)16-10-7-14(12-18-16)11-17(2,3)4;/h3-8,10-11H,1-2H3;5-8,10,12H,11H2,1-4H3;/q2*-1;/i1D3,2D3;1D3,11D2;. The first kappa shape index (κ1) is 18.6.